The molecule has 0 spiro atoms. The fraction of sp³-hybridized carbons (Fsp3) is 0.886. The number of carbonyl (C=O) groups excluding carboxylic acids is 6. The van der Waals surface area contributed by atoms with Crippen LogP contribution < -0.4 is 0 Å². The van der Waals surface area contributed by atoms with E-state index in [-0.39, 0.29) is 216 Å². The molecule has 15 nitrogen and oxygen atoms in total. The summed E-state index contributed by atoms with van der Waals surface area (Å²) in [5.74, 6) is 7.51. The average molecular weight is 1900 g/mol. The Morgan fingerprint density at radius 1 is 0.348 bits per heavy atom. The standard InChI is InChI=1S/2C31H47NO3.C31H48O4.C30H48O3/c1-26(2)10-12-31(18-33)13-11-30(7)24(20(31)16-26)21(34)14-23-28(5)15-19-17-32-35-25(19)27(3,4)22(28)8-9-29(23,30)6;1-26(2)11-13-31(18-33)14-12-30(7)24(19(31)16-26)21(34)15-23-28(5)17-20(32-8)25(35)27(3,4)22(28)9-10-29(23,30)6;1-26(2)10-12-31(18-33)13-11-30(7)24(20(31)16-26)21(34)14-23-28(5)15-19(17-32)25(35)27(3,4)22(28)8-9-29(23,30)6;1-25(2)12-14-30(18-31)15-13-29(7)24(19(30)17-25)20(32)16-22-27(5)10-9-23(33)26(3,4)21(27)8-11-28(22,29)6/h17,20,22-24,33H,8-16,18H2,1-7H3;19,22-24,33,35H,9-18H2,1-7H3;17,20,22-24,32-33H,8-16,18H2,1-7H3;19,21-22,24,31H,8-18H2,1-7H3/b;;19-17-;/t20-,22?,23+,24-,28-,29+,30+,31+;19-,22?,23+,24-,28-,29+,30+,31+;20-,22?,23+,24-,28-,29+,30+,31+;19-,21?,22+,24-,27-,28+,29+,30+/m0000/s1. The Balaban J connectivity index is 0.000000122. The quantitative estimate of drug-likeness (QED) is 0.0932. The molecule has 0 saturated heterocycles. The van der Waals surface area contributed by atoms with E-state index >= 15 is 0 Å². The highest BCUT2D eigenvalue weighted by molar-refractivity contribution is 6.01. The molecule has 138 heavy (non-hydrogen) atoms. The smallest absolute Gasteiger partial charge is 0.203 e. The Kier molecular flexibility index (Phi) is 24.3. The van der Waals surface area contributed by atoms with E-state index in [1.165, 1.54) is 18.4 Å². The van der Waals surface area contributed by atoms with E-state index in [0.29, 0.717) is 121 Å². The SMILES string of the molecule is CC1(C)CC[C@]2(CO)CC[C@]3(C)[C@H](C(=O)C[C@@H]4[C@@]5(C)C/C(=C/O)C(=O)C(C)(C)C5CC[C@]43C)[C@@H]2C1.CC1(C)CC[C@]2(CO)CC[C@]3(C)[C@H](C(=O)C[C@@H]4[C@@]5(C)CCC(=O)C(C)(C)C5CC[C@]43C)[C@@H]2C1.CC1(C)CC[C@]2(CO)CC[C@]3(C)[C@H](C(=O)C[C@@H]4[C@@]5(C)Cc6cnoc6C(C)(C)C5CC[C@]43C)[C@@H]2C1.[C-]#[N+]C1=C(O)C(C)(C)C2CC[C@]3(C)[C@H](CC(=O)[C@@H]4[C@@H]5CC(C)(C)CC[C@]5(CO)CC[C@]43C)[C@@]2(C)C1. The summed E-state index contributed by atoms with van der Waals surface area (Å²) < 4.78 is 5.81. The number of nitrogens with zero attached hydrogens (tertiary/aromatic N) is 2. The van der Waals surface area contributed by atoms with Crippen LogP contribution in [-0.4, -0.2) is 96.9 Å². The number of aromatic nitrogens is 1. The number of aliphatic hydroxyl groups is 6. The van der Waals surface area contributed by atoms with Gasteiger partial charge in [-0.15, -0.1) is 0 Å². The Morgan fingerprint density at radius 3 is 0.957 bits per heavy atom. The number of hydrogen-bond donors (Lipinski definition) is 6. The summed E-state index contributed by atoms with van der Waals surface area (Å²) in [5.41, 5.74) is 1.39. The molecular formula is C123H190N2O13. The average Bonchev–Trinajstić information content (AvgIpc) is 0.842. The maximum Gasteiger partial charge on any atom is 0.203 e. The van der Waals surface area contributed by atoms with E-state index in [0.717, 1.165) is 192 Å². The summed E-state index contributed by atoms with van der Waals surface area (Å²) in [6.45, 7) is 74.3. The van der Waals surface area contributed by atoms with Crippen molar-refractivity contribution in [2.75, 3.05) is 26.4 Å². The maximum atomic E-state index is 14.4. The minimum atomic E-state index is -0.532. The van der Waals surface area contributed by atoms with Gasteiger partial charge in [-0.25, -0.2) is 4.85 Å². The van der Waals surface area contributed by atoms with Crippen molar-refractivity contribution in [3.63, 3.8) is 0 Å². The molecule has 1 heterocycles. The number of aliphatic hydroxyl groups excluding tert-OH is 6. The van der Waals surface area contributed by atoms with Gasteiger partial charge in [-0.05, 0) is 385 Å². The largest absolute Gasteiger partial charge is 0.523 e. The molecule has 1 aromatic heterocycles. The number of rotatable bonds is 4. The highest BCUT2D eigenvalue weighted by Gasteiger charge is 2.79. The second-order valence-electron chi connectivity index (χ2n) is 61.9. The number of fused-ring (bicyclic) bond motifs is 29. The van der Waals surface area contributed by atoms with Gasteiger partial charge in [0.15, 0.2) is 5.78 Å². The molecule has 4 unspecified atom stereocenters. The van der Waals surface area contributed by atoms with Gasteiger partial charge in [-0.1, -0.05) is 199 Å². The van der Waals surface area contributed by atoms with Gasteiger partial charge in [-0.2, -0.15) is 0 Å². The van der Waals surface area contributed by atoms with E-state index in [2.05, 4.69) is 204 Å². The summed E-state index contributed by atoms with van der Waals surface area (Å²) >= 11 is 0. The molecule has 18 fully saturated rings. The molecule has 32 atom stereocenters. The lowest BCUT2D eigenvalue weighted by Gasteiger charge is -2.72. The molecule has 1 aromatic rings. The summed E-state index contributed by atoms with van der Waals surface area (Å²) in [6, 6.07) is 0. The van der Waals surface area contributed by atoms with E-state index in [1.54, 1.807) is 0 Å². The molecule has 0 radical (unpaired) electrons. The van der Waals surface area contributed by atoms with Crippen LogP contribution in [0, 0.1) is 226 Å². The Labute approximate surface area is 833 Å². The molecule has 20 aliphatic carbocycles. The van der Waals surface area contributed by atoms with Gasteiger partial charge in [0.05, 0.1) is 19.0 Å². The summed E-state index contributed by atoms with van der Waals surface area (Å²) in [6.07, 6.45) is 39.4. The second kappa shape index (κ2) is 32.3. The number of ketones is 6. The third kappa shape index (κ3) is 13.9. The summed E-state index contributed by atoms with van der Waals surface area (Å²) in [4.78, 5) is 87.3. The molecule has 0 bridgehead atoms. The van der Waals surface area contributed by atoms with Crippen molar-refractivity contribution < 1.29 is 63.9 Å². The molecular weight excluding hydrogens is 1710 g/mol. The monoisotopic (exact) mass is 1900 g/mol. The third-order valence-electron chi connectivity index (χ3n) is 53.2. The van der Waals surface area contributed by atoms with Crippen molar-refractivity contribution in [2.24, 2.45) is 219 Å². The first kappa shape index (κ1) is 104. The highest BCUT2D eigenvalue weighted by atomic mass is 16.5. The van der Waals surface area contributed by atoms with E-state index in [4.69, 9.17) is 11.1 Å². The van der Waals surface area contributed by atoms with Crippen LogP contribution in [0.4, 0.5) is 0 Å². The van der Waals surface area contributed by atoms with Crippen LogP contribution in [0.1, 0.15) is 436 Å². The molecule has 15 heteroatoms. The van der Waals surface area contributed by atoms with Crippen molar-refractivity contribution in [2.45, 2.75) is 437 Å². The molecule has 0 aromatic carbocycles. The maximum absolute atomic E-state index is 14.4. The molecule has 20 aliphatic rings. The molecule has 18 saturated carbocycles. The minimum absolute atomic E-state index is 0.00291. The Hall–Kier alpha value is -4.36. The van der Waals surface area contributed by atoms with Crippen LogP contribution in [0.5, 0.6) is 0 Å². The fourth-order valence-electron chi connectivity index (χ4n) is 44.3. The normalized spacial score (nSPS) is 51.1. The van der Waals surface area contributed by atoms with Crippen LogP contribution in [0.15, 0.2) is 34.0 Å². The van der Waals surface area contributed by atoms with Crippen LogP contribution in [0.3, 0.4) is 0 Å². The lowest BCUT2D eigenvalue weighted by molar-refractivity contribution is -0.237. The summed E-state index contributed by atoms with van der Waals surface area (Å²) in [5, 5.41) is 67.9. The highest BCUT2D eigenvalue weighted by Crippen LogP contribution is 2.84. The first-order valence-corrected chi connectivity index (χ1v) is 56.3. The van der Waals surface area contributed by atoms with Gasteiger partial charge in [0.1, 0.15) is 40.4 Å². The first-order valence-electron chi connectivity index (χ1n) is 56.3. The fourth-order valence-corrected chi connectivity index (χ4v) is 44.3. The van der Waals surface area contributed by atoms with Crippen molar-refractivity contribution in [3.8, 4) is 0 Å². The van der Waals surface area contributed by atoms with Gasteiger partial charge in [0.25, 0.3) is 0 Å². The van der Waals surface area contributed by atoms with Crippen molar-refractivity contribution in [1.82, 2.24) is 5.16 Å². The van der Waals surface area contributed by atoms with Gasteiger partial charge in [0.2, 0.25) is 5.70 Å². The topological polar surface area (TPSA) is 254 Å². The van der Waals surface area contributed by atoms with E-state index in [9.17, 15) is 59.4 Å². The van der Waals surface area contributed by atoms with Crippen molar-refractivity contribution >= 4 is 34.7 Å². The molecule has 770 valence electrons. The van der Waals surface area contributed by atoms with Crippen molar-refractivity contribution in [3.05, 3.63) is 52.2 Å². The van der Waals surface area contributed by atoms with E-state index in [1.807, 2.05) is 6.20 Å². The first-order chi connectivity index (χ1) is 63.6. The lowest BCUT2D eigenvalue weighted by Crippen LogP contribution is -2.69. The molecule has 0 amide bonds. The third-order valence-corrected chi connectivity index (χ3v) is 53.2. The summed E-state index contributed by atoms with van der Waals surface area (Å²) in [7, 11) is 0. The Bertz CT molecular complexity index is 5180. The van der Waals surface area contributed by atoms with Gasteiger partial charge < -0.3 is 35.2 Å². The van der Waals surface area contributed by atoms with Gasteiger partial charge >= 0.3 is 0 Å². The predicted molar refractivity (Wildman–Crippen MR) is 544 cm³/mol. The Morgan fingerprint density at radius 2 is 0.638 bits per heavy atom. The van der Waals surface area contributed by atoms with Gasteiger partial charge in [-0.3, -0.25) is 28.8 Å². The predicted octanol–water partition coefficient (Wildman–Crippen LogP) is 27.3. The zero-order valence-corrected chi connectivity index (χ0v) is 91.8. The van der Waals surface area contributed by atoms with E-state index < -0.39 is 10.8 Å². The minimum Gasteiger partial charge on any atom is -0.523 e. The van der Waals surface area contributed by atoms with Gasteiger partial charge in [0, 0.05) is 115 Å². The number of allylic oxidation sites excluding steroid dienone is 3. The zero-order valence-electron chi connectivity index (χ0n) is 91.8. The second-order valence-corrected chi connectivity index (χ2v) is 61.9. The van der Waals surface area contributed by atoms with Crippen molar-refractivity contribution in [1.29, 1.82) is 0 Å². The molecule has 6 N–H and O–H groups in total. The van der Waals surface area contributed by atoms with Crippen LogP contribution in [0.25, 0.3) is 4.85 Å². The number of Topliss-reactive ketones (excluding diaryl/α,β-unsaturated/α-hetero) is 6. The lowest BCUT2D eigenvalue weighted by atomic mass is 9.31. The van der Waals surface area contributed by atoms with Crippen LogP contribution in [0.2, 0.25) is 0 Å². The number of carbonyl (C=O) groups is 6. The number of hydrogen-bond acceptors (Lipinski definition) is 14. The van der Waals surface area contributed by atoms with Crippen LogP contribution in [-0.2, 0) is 40.6 Å². The zero-order chi connectivity index (χ0) is 101. The molecule has 21 rings (SSSR count). The van der Waals surface area contributed by atoms with Crippen LogP contribution >= 0.6 is 0 Å². The molecule has 0 aliphatic heterocycles.